The molecule has 0 amide bonds. The van der Waals surface area contributed by atoms with E-state index in [0.29, 0.717) is 0 Å². The molecule has 0 aliphatic heterocycles. The molecule has 0 aromatic heterocycles. The van der Waals surface area contributed by atoms with Gasteiger partial charge in [0.2, 0.25) is 0 Å². The molecule has 0 N–H and O–H groups in total. The first-order valence-electron chi connectivity index (χ1n) is 7.01. The third-order valence-electron chi connectivity index (χ3n) is 3.26. The summed E-state index contributed by atoms with van der Waals surface area (Å²) in [5.41, 5.74) is 2.86. The van der Waals surface area contributed by atoms with Crippen LogP contribution in [0.1, 0.15) is 38.7 Å². The molecular formula is C17H21Cl2OTi. The van der Waals surface area contributed by atoms with Gasteiger partial charge in [-0.15, -0.1) is 0 Å². The van der Waals surface area contributed by atoms with Crippen LogP contribution in [0.2, 0.25) is 0 Å². The van der Waals surface area contributed by atoms with Gasteiger partial charge in [-0.25, -0.2) is 0 Å². The normalized spacial score (nSPS) is 13.2. The Hall–Kier alpha value is -0.206. The Morgan fingerprint density at radius 2 is 1.86 bits per heavy atom. The summed E-state index contributed by atoms with van der Waals surface area (Å²) < 4.78 is 7.40. The second-order valence-electron chi connectivity index (χ2n) is 5.24. The molecule has 0 saturated heterocycles. The van der Waals surface area contributed by atoms with Crippen molar-refractivity contribution in [1.29, 1.82) is 0 Å². The van der Waals surface area contributed by atoms with E-state index in [0.717, 1.165) is 18.6 Å². The number of aryl methyl sites for hydroxylation is 1. The molecule has 1 nitrogen and oxygen atoms in total. The Labute approximate surface area is 152 Å². The van der Waals surface area contributed by atoms with Crippen molar-refractivity contribution >= 4 is 0 Å². The Kier molecular flexibility index (Phi) is 10.4. The van der Waals surface area contributed by atoms with E-state index in [1.165, 1.54) is 27.9 Å². The molecule has 1 aromatic carbocycles. The van der Waals surface area contributed by atoms with E-state index >= 15 is 0 Å². The minimum Gasteiger partial charge on any atom is -1.00 e. The molecule has 0 saturated carbocycles. The van der Waals surface area contributed by atoms with Gasteiger partial charge < -0.3 is 24.8 Å². The van der Waals surface area contributed by atoms with Gasteiger partial charge in [0.1, 0.15) is 0 Å². The molecule has 4 heteroatoms. The number of benzene rings is 1. The summed E-state index contributed by atoms with van der Waals surface area (Å²) >= 11 is 2.24. The van der Waals surface area contributed by atoms with Crippen LogP contribution in [0.5, 0.6) is 5.75 Å². The van der Waals surface area contributed by atoms with Crippen LogP contribution in [0.4, 0.5) is 0 Å². The summed E-state index contributed by atoms with van der Waals surface area (Å²) in [5.74, 6) is 1.05. The maximum atomic E-state index is 5.86. The van der Waals surface area contributed by atoms with Crippen molar-refractivity contribution in [1.82, 2.24) is 0 Å². The van der Waals surface area contributed by atoms with E-state index in [9.17, 15) is 0 Å². The fourth-order valence-electron chi connectivity index (χ4n) is 2.33. The van der Waals surface area contributed by atoms with Crippen molar-refractivity contribution in [3.05, 3.63) is 51.4 Å². The van der Waals surface area contributed by atoms with Gasteiger partial charge in [0, 0.05) is 0 Å². The van der Waals surface area contributed by atoms with Crippen molar-refractivity contribution in [2.24, 2.45) is 0 Å². The summed E-state index contributed by atoms with van der Waals surface area (Å²) in [6.07, 6.45) is 9.39. The van der Waals surface area contributed by atoms with Gasteiger partial charge in [-0.2, -0.15) is 0 Å². The quantitative estimate of drug-likeness (QED) is 0.566. The Morgan fingerprint density at radius 3 is 2.48 bits per heavy atom. The largest absolute Gasteiger partial charge is 1.00 e. The second-order valence-corrected chi connectivity index (χ2v) is 6.18. The van der Waals surface area contributed by atoms with E-state index in [-0.39, 0.29) is 30.9 Å². The molecule has 0 unspecified atom stereocenters. The SMILES string of the molecule is CC(C)Oc1ccccc1CCCC1=[C]([Ti+2])CC=C1.[Cl-].[Cl-]. The van der Waals surface area contributed by atoms with E-state index in [4.69, 9.17) is 4.74 Å². The van der Waals surface area contributed by atoms with Crippen LogP contribution in [0.15, 0.2) is 45.9 Å². The maximum absolute atomic E-state index is 5.86. The van der Waals surface area contributed by atoms with Crippen molar-refractivity contribution in [3.8, 4) is 5.75 Å². The second kappa shape index (κ2) is 10.5. The van der Waals surface area contributed by atoms with E-state index < -0.39 is 0 Å². The molecule has 1 aliphatic rings. The summed E-state index contributed by atoms with van der Waals surface area (Å²) in [7, 11) is 0. The van der Waals surface area contributed by atoms with Crippen LogP contribution in [-0.2, 0) is 26.9 Å². The van der Waals surface area contributed by atoms with Crippen LogP contribution in [0.3, 0.4) is 0 Å². The molecule has 113 valence electrons. The van der Waals surface area contributed by atoms with Gasteiger partial charge in [0.25, 0.3) is 0 Å². The zero-order valence-corrected chi connectivity index (χ0v) is 15.6. The Balaban J connectivity index is 0.00000200. The van der Waals surface area contributed by atoms with Gasteiger partial charge in [-0.05, 0) is 0 Å². The summed E-state index contributed by atoms with van der Waals surface area (Å²) in [5, 5.41) is 0. The number of rotatable bonds is 6. The van der Waals surface area contributed by atoms with E-state index in [1.807, 2.05) is 6.07 Å². The molecule has 0 atom stereocenters. The molecule has 0 fully saturated rings. The fraction of sp³-hybridized carbons (Fsp3) is 0.412. The van der Waals surface area contributed by atoms with Crippen LogP contribution < -0.4 is 29.6 Å². The van der Waals surface area contributed by atoms with E-state index in [2.05, 4.69) is 64.6 Å². The predicted molar refractivity (Wildman–Crippen MR) is 75.9 cm³/mol. The average molecular weight is 360 g/mol. The first-order chi connectivity index (χ1) is 9.16. The summed E-state index contributed by atoms with van der Waals surface area (Å²) in [4.78, 5) is 0. The van der Waals surface area contributed by atoms with Crippen molar-refractivity contribution in [3.63, 3.8) is 0 Å². The monoisotopic (exact) mass is 359 g/mol. The predicted octanol–water partition coefficient (Wildman–Crippen LogP) is -1.43. The molecule has 0 bridgehead atoms. The summed E-state index contributed by atoms with van der Waals surface area (Å²) in [6.45, 7) is 4.16. The number of ether oxygens (including phenoxy) is 1. The number of halogens is 2. The van der Waals surface area contributed by atoms with Crippen molar-refractivity contribution in [2.75, 3.05) is 0 Å². The first kappa shape index (κ1) is 20.8. The van der Waals surface area contributed by atoms with Crippen molar-refractivity contribution < 1.29 is 50.0 Å². The number of hydrogen-bond acceptors (Lipinski definition) is 1. The number of para-hydroxylation sites is 1. The topological polar surface area (TPSA) is 9.23 Å². The minimum absolute atomic E-state index is 0. The fourth-order valence-corrected chi connectivity index (χ4v) is 2.84. The van der Waals surface area contributed by atoms with Gasteiger partial charge in [-0.3, -0.25) is 0 Å². The van der Waals surface area contributed by atoms with Crippen LogP contribution in [-0.4, -0.2) is 6.10 Å². The van der Waals surface area contributed by atoms with Gasteiger partial charge in [0.15, 0.2) is 0 Å². The maximum Gasteiger partial charge on any atom is -1.00 e. The molecule has 1 aromatic rings. The summed E-state index contributed by atoms with van der Waals surface area (Å²) in [6, 6.07) is 8.41. The Bertz CT molecular complexity index is 495. The van der Waals surface area contributed by atoms with Gasteiger partial charge in [-0.1, -0.05) is 0 Å². The average Bonchev–Trinajstić information content (AvgIpc) is 2.77. The number of hydrogen-bond donors (Lipinski definition) is 0. The molecule has 0 spiro atoms. The zero-order valence-electron chi connectivity index (χ0n) is 12.5. The molecule has 2 rings (SSSR count). The molecule has 0 heterocycles. The smallest absolute Gasteiger partial charge is 1.00 e. The molecule has 21 heavy (non-hydrogen) atoms. The van der Waals surface area contributed by atoms with Crippen LogP contribution in [0.25, 0.3) is 0 Å². The number of allylic oxidation sites excluding steroid dienone is 4. The Morgan fingerprint density at radius 1 is 1.14 bits per heavy atom. The molecular weight excluding hydrogens is 339 g/mol. The third kappa shape index (κ3) is 6.61. The van der Waals surface area contributed by atoms with Gasteiger partial charge >= 0.3 is 128 Å². The third-order valence-corrected chi connectivity index (χ3v) is 4.08. The van der Waals surface area contributed by atoms with Gasteiger partial charge in [0.05, 0.1) is 0 Å². The van der Waals surface area contributed by atoms with Crippen LogP contribution >= 0.6 is 0 Å². The molecule has 1 aliphatic carbocycles. The van der Waals surface area contributed by atoms with E-state index in [1.54, 1.807) is 0 Å². The first-order valence-corrected chi connectivity index (χ1v) is 7.79. The van der Waals surface area contributed by atoms with Crippen molar-refractivity contribution in [2.45, 2.75) is 45.6 Å². The zero-order chi connectivity index (χ0) is 13.7. The minimum atomic E-state index is 0. The van der Waals surface area contributed by atoms with Crippen LogP contribution in [0, 0.1) is 0 Å². The molecule has 0 radical (unpaired) electrons. The standard InChI is InChI=1S/C17H21O.2ClH.Ti/c1-14(2)18-17-13-6-5-11-16(17)12-7-10-15-8-3-4-9-15;;;/h3,5-6,8,11,13-14H,4,7,10,12H2,1-2H3;2*1H;/q;;;+2/p-2.